The summed E-state index contributed by atoms with van der Waals surface area (Å²) < 4.78 is 5.23. The van der Waals surface area contributed by atoms with Gasteiger partial charge in [-0.25, -0.2) is 0 Å². The van der Waals surface area contributed by atoms with Gasteiger partial charge in [-0.2, -0.15) is 0 Å². The topological polar surface area (TPSA) is 70.1 Å². The Labute approximate surface area is 93.5 Å². The van der Waals surface area contributed by atoms with Crippen molar-refractivity contribution in [2.24, 2.45) is 0 Å². The first-order chi connectivity index (χ1) is 7.56. The Morgan fingerprint density at radius 2 is 2.06 bits per heavy atom. The zero-order valence-electron chi connectivity index (χ0n) is 8.96. The second kappa shape index (κ2) is 3.97. The average Bonchev–Trinajstić information content (AvgIpc) is 3.09. The van der Waals surface area contributed by atoms with Crippen LogP contribution < -0.4 is 0 Å². The molecule has 3 unspecified atom stereocenters. The number of rotatable bonds is 4. The molecule has 0 radical (unpaired) electrons. The summed E-state index contributed by atoms with van der Waals surface area (Å²) in [6.45, 7) is 0.701. The molecule has 1 aliphatic heterocycles. The van der Waals surface area contributed by atoms with Crippen LogP contribution in [0.25, 0.3) is 0 Å². The predicted octanol–water partition coefficient (Wildman–Crippen LogP) is 0.439. The first-order valence-electron chi connectivity index (χ1n) is 5.14. The largest absolute Gasteiger partial charge is 0.393 e. The van der Waals surface area contributed by atoms with Crippen LogP contribution in [-0.4, -0.2) is 34.3 Å². The summed E-state index contributed by atoms with van der Waals surface area (Å²) in [6.07, 6.45) is -0.920. The van der Waals surface area contributed by atoms with Crippen LogP contribution in [0.3, 0.4) is 0 Å². The van der Waals surface area contributed by atoms with Gasteiger partial charge in [-0.05, 0) is 12.5 Å². The van der Waals surface area contributed by atoms with Gasteiger partial charge < -0.3 is 14.9 Å². The van der Waals surface area contributed by atoms with E-state index in [1.165, 1.54) is 6.92 Å². The number of aliphatic hydroxyl groups is 2. The zero-order chi connectivity index (χ0) is 11.8. The van der Waals surface area contributed by atoms with Gasteiger partial charge in [-0.15, -0.1) is 0 Å². The molecule has 16 heavy (non-hydrogen) atoms. The van der Waals surface area contributed by atoms with Crippen LogP contribution in [-0.2, 0) is 9.53 Å². The standard InChI is InChI=1S/C12H14O4/c1-12(15,7-13)11(14)10-9(16-10)8-5-3-2-4-6-8/h2-6,9-10,13,15H,7H2,1H3. The molecular weight excluding hydrogens is 208 g/mol. The Morgan fingerprint density at radius 3 is 2.62 bits per heavy atom. The van der Waals surface area contributed by atoms with Gasteiger partial charge in [0.15, 0.2) is 11.9 Å². The van der Waals surface area contributed by atoms with Crippen LogP contribution in [0.15, 0.2) is 30.3 Å². The molecule has 1 aromatic rings. The van der Waals surface area contributed by atoms with Crippen LogP contribution in [0.2, 0.25) is 0 Å². The van der Waals surface area contributed by atoms with Gasteiger partial charge in [0.2, 0.25) is 0 Å². The summed E-state index contributed by atoms with van der Waals surface area (Å²) in [5.41, 5.74) is -0.802. The maximum atomic E-state index is 11.7. The highest BCUT2D eigenvalue weighted by atomic mass is 16.6. The van der Waals surface area contributed by atoms with Crippen molar-refractivity contribution >= 4 is 5.78 Å². The lowest BCUT2D eigenvalue weighted by atomic mass is 9.96. The molecule has 2 N–H and O–H groups in total. The SMILES string of the molecule is CC(O)(CO)C(=O)C1OC1c1ccccc1. The zero-order valence-corrected chi connectivity index (χ0v) is 8.96. The Bertz CT molecular complexity index is 385. The number of carbonyl (C=O) groups is 1. The van der Waals surface area contributed by atoms with E-state index in [1.54, 1.807) is 0 Å². The maximum Gasteiger partial charge on any atom is 0.198 e. The molecule has 0 bridgehead atoms. The van der Waals surface area contributed by atoms with Crippen LogP contribution in [0.1, 0.15) is 18.6 Å². The van der Waals surface area contributed by atoms with Crippen molar-refractivity contribution in [2.75, 3.05) is 6.61 Å². The van der Waals surface area contributed by atoms with Crippen LogP contribution in [0, 0.1) is 0 Å². The Hall–Kier alpha value is -1.23. The molecule has 0 aliphatic carbocycles. The number of hydrogen-bond acceptors (Lipinski definition) is 4. The third-order valence-electron chi connectivity index (χ3n) is 2.72. The van der Waals surface area contributed by atoms with E-state index in [1.807, 2.05) is 30.3 Å². The van der Waals surface area contributed by atoms with Crippen molar-refractivity contribution in [1.29, 1.82) is 0 Å². The molecule has 1 aromatic carbocycles. The quantitative estimate of drug-likeness (QED) is 0.725. The molecule has 1 aliphatic rings. The highest BCUT2D eigenvalue weighted by molar-refractivity contribution is 5.93. The first-order valence-corrected chi connectivity index (χ1v) is 5.14. The minimum absolute atomic E-state index is 0.285. The van der Waals surface area contributed by atoms with Gasteiger partial charge in [-0.3, -0.25) is 4.79 Å². The molecular formula is C12H14O4. The van der Waals surface area contributed by atoms with Gasteiger partial charge in [-0.1, -0.05) is 30.3 Å². The Balaban J connectivity index is 2.05. The van der Waals surface area contributed by atoms with E-state index >= 15 is 0 Å². The Morgan fingerprint density at radius 1 is 1.44 bits per heavy atom. The number of Topliss-reactive ketones (excluding diaryl/α,β-unsaturated/α-hetero) is 1. The molecule has 4 heteroatoms. The summed E-state index contributed by atoms with van der Waals surface area (Å²) in [7, 11) is 0. The summed E-state index contributed by atoms with van der Waals surface area (Å²) in [6, 6.07) is 9.34. The van der Waals surface area contributed by atoms with E-state index in [0.717, 1.165) is 5.56 Å². The number of epoxide rings is 1. The average molecular weight is 222 g/mol. The normalized spacial score (nSPS) is 27.2. The molecule has 0 saturated carbocycles. The molecule has 3 atom stereocenters. The maximum absolute atomic E-state index is 11.7. The van der Waals surface area contributed by atoms with E-state index in [2.05, 4.69) is 0 Å². The number of hydrogen-bond donors (Lipinski definition) is 2. The van der Waals surface area contributed by atoms with Gasteiger partial charge >= 0.3 is 0 Å². The lowest BCUT2D eigenvalue weighted by molar-refractivity contribution is -0.140. The first kappa shape index (κ1) is 11.3. The number of ether oxygens (including phenoxy) is 1. The van der Waals surface area contributed by atoms with Crippen molar-refractivity contribution in [2.45, 2.75) is 24.7 Å². The fourth-order valence-corrected chi connectivity index (χ4v) is 1.59. The summed E-state index contributed by atoms with van der Waals surface area (Å²) >= 11 is 0. The van der Waals surface area contributed by atoms with Gasteiger partial charge in [0.05, 0.1) is 6.61 Å². The molecule has 0 amide bonds. The summed E-state index contributed by atoms with van der Waals surface area (Å²) in [4.78, 5) is 11.7. The smallest absolute Gasteiger partial charge is 0.198 e. The minimum Gasteiger partial charge on any atom is -0.393 e. The minimum atomic E-state index is -1.71. The van der Waals surface area contributed by atoms with E-state index < -0.39 is 24.1 Å². The molecule has 2 rings (SSSR count). The Kier molecular flexibility index (Phi) is 2.80. The monoisotopic (exact) mass is 222 g/mol. The number of ketones is 1. The number of aliphatic hydroxyl groups excluding tert-OH is 1. The number of benzene rings is 1. The molecule has 1 saturated heterocycles. The lowest BCUT2D eigenvalue weighted by Gasteiger charge is -2.16. The molecule has 86 valence electrons. The molecule has 0 spiro atoms. The van der Waals surface area contributed by atoms with Crippen molar-refractivity contribution in [3.8, 4) is 0 Å². The van der Waals surface area contributed by atoms with Crippen LogP contribution in [0.4, 0.5) is 0 Å². The van der Waals surface area contributed by atoms with E-state index in [4.69, 9.17) is 9.84 Å². The third-order valence-corrected chi connectivity index (χ3v) is 2.72. The predicted molar refractivity (Wildman–Crippen MR) is 56.8 cm³/mol. The van der Waals surface area contributed by atoms with E-state index in [-0.39, 0.29) is 6.10 Å². The highest BCUT2D eigenvalue weighted by Gasteiger charge is 2.51. The van der Waals surface area contributed by atoms with Gasteiger partial charge in [0.25, 0.3) is 0 Å². The van der Waals surface area contributed by atoms with Crippen molar-refractivity contribution < 1.29 is 19.7 Å². The molecule has 1 fully saturated rings. The third kappa shape index (κ3) is 2.00. The van der Waals surface area contributed by atoms with Crippen molar-refractivity contribution in [3.05, 3.63) is 35.9 Å². The molecule has 1 heterocycles. The second-order valence-electron chi connectivity index (χ2n) is 4.18. The lowest BCUT2D eigenvalue weighted by Crippen LogP contribution is -2.42. The van der Waals surface area contributed by atoms with Crippen LogP contribution in [0.5, 0.6) is 0 Å². The molecule has 0 aromatic heterocycles. The molecule has 4 nitrogen and oxygen atoms in total. The van der Waals surface area contributed by atoms with Gasteiger partial charge in [0.1, 0.15) is 11.7 Å². The summed E-state index contributed by atoms with van der Waals surface area (Å²) in [5.74, 6) is -0.469. The highest BCUT2D eigenvalue weighted by Crippen LogP contribution is 2.40. The fourth-order valence-electron chi connectivity index (χ4n) is 1.59. The van der Waals surface area contributed by atoms with Crippen molar-refractivity contribution in [1.82, 2.24) is 0 Å². The van der Waals surface area contributed by atoms with E-state index in [9.17, 15) is 9.90 Å². The second-order valence-corrected chi connectivity index (χ2v) is 4.18. The summed E-state index contributed by atoms with van der Waals surface area (Å²) in [5, 5.41) is 18.5. The van der Waals surface area contributed by atoms with Crippen LogP contribution >= 0.6 is 0 Å². The fraction of sp³-hybridized carbons (Fsp3) is 0.417. The van der Waals surface area contributed by atoms with E-state index in [0.29, 0.717) is 0 Å². The van der Waals surface area contributed by atoms with Crippen molar-refractivity contribution in [3.63, 3.8) is 0 Å². The number of carbonyl (C=O) groups excluding carboxylic acids is 1. The van der Waals surface area contributed by atoms with Gasteiger partial charge in [0, 0.05) is 0 Å².